The number of carboxylic acids is 2. The van der Waals surface area contributed by atoms with Crippen molar-refractivity contribution in [1.82, 2.24) is 0 Å². The fourth-order valence-electron chi connectivity index (χ4n) is 2.93. The fraction of sp³-hybridized carbons (Fsp3) is 0.350. The molecule has 146 valence electrons. The van der Waals surface area contributed by atoms with Gasteiger partial charge >= 0.3 is 11.9 Å². The third-order valence-electron chi connectivity index (χ3n) is 4.11. The molecule has 0 aliphatic heterocycles. The Balaban J connectivity index is 0.000000387. The van der Waals surface area contributed by atoms with Gasteiger partial charge in [-0.25, -0.2) is 4.79 Å². The molecule has 1 aromatic rings. The van der Waals surface area contributed by atoms with Crippen LogP contribution < -0.4 is 10.0 Å². The number of esters is 1. The zero-order chi connectivity index (χ0) is 20.4. The van der Waals surface area contributed by atoms with E-state index >= 15 is 0 Å². The topological polar surface area (TPSA) is 108 Å². The molecule has 1 fully saturated rings. The van der Waals surface area contributed by atoms with E-state index in [1.165, 1.54) is 4.90 Å². The van der Waals surface area contributed by atoms with Crippen molar-refractivity contribution in [2.75, 3.05) is 27.2 Å². The molecule has 1 saturated carbocycles. The van der Waals surface area contributed by atoms with E-state index in [2.05, 4.69) is 20.7 Å². The fourth-order valence-corrected chi connectivity index (χ4v) is 2.93. The predicted molar refractivity (Wildman–Crippen MR) is 96.8 cm³/mol. The maximum atomic E-state index is 12.4. The number of benzene rings is 1. The second-order valence-corrected chi connectivity index (χ2v) is 6.53. The van der Waals surface area contributed by atoms with Gasteiger partial charge in [-0.05, 0) is 18.1 Å². The lowest BCUT2D eigenvalue weighted by Crippen LogP contribution is -3.06. The van der Waals surface area contributed by atoms with E-state index < -0.39 is 17.4 Å². The molecule has 2 N–H and O–H groups in total. The number of quaternary nitrogens is 1. The van der Waals surface area contributed by atoms with Crippen molar-refractivity contribution in [2.45, 2.75) is 11.8 Å². The molecule has 0 amide bonds. The van der Waals surface area contributed by atoms with Gasteiger partial charge in [0.25, 0.3) is 0 Å². The van der Waals surface area contributed by atoms with Crippen molar-refractivity contribution < 1.29 is 34.2 Å². The SMILES string of the molecule is C=CCOC(=O)[C@]1(c2ccccc2)C[C@@H]1C[NH+](C)C.O=C([O-])/C=C/C(=O)O. The van der Waals surface area contributed by atoms with E-state index in [1.54, 1.807) is 6.08 Å². The van der Waals surface area contributed by atoms with Crippen molar-refractivity contribution in [2.24, 2.45) is 5.92 Å². The Labute approximate surface area is 158 Å². The highest BCUT2D eigenvalue weighted by Crippen LogP contribution is 2.54. The average molecular weight is 375 g/mol. The maximum absolute atomic E-state index is 12.4. The molecule has 0 unspecified atom stereocenters. The first-order chi connectivity index (χ1) is 12.7. The van der Waals surface area contributed by atoms with Gasteiger partial charge in [-0.1, -0.05) is 43.0 Å². The third-order valence-corrected chi connectivity index (χ3v) is 4.11. The highest BCUT2D eigenvalue weighted by atomic mass is 16.5. The number of aliphatic carboxylic acids is 2. The number of nitrogens with one attached hydrogen (secondary N) is 1. The van der Waals surface area contributed by atoms with Crippen LogP contribution in [-0.4, -0.2) is 50.3 Å². The average Bonchev–Trinajstić information content (AvgIpc) is 3.33. The van der Waals surface area contributed by atoms with Crippen LogP contribution >= 0.6 is 0 Å². The van der Waals surface area contributed by atoms with Crippen molar-refractivity contribution >= 4 is 17.9 Å². The Morgan fingerprint density at radius 3 is 2.37 bits per heavy atom. The van der Waals surface area contributed by atoms with Crippen LogP contribution in [0.4, 0.5) is 0 Å². The van der Waals surface area contributed by atoms with E-state index in [0.29, 0.717) is 18.1 Å². The van der Waals surface area contributed by atoms with Crippen LogP contribution in [0.5, 0.6) is 0 Å². The molecule has 2 atom stereocenters. The standard InChI is InChI=1S/C16H21NO2.C4H4O4/c1-4-10-19-15(18)16(11-14(16)12-17(2)3)13-8-6-5-7-9-13;5-3(6)1-2-4(7)8/h4-9,14H,1,10-12H2,2-3H3;1-2H,(H,5,6)(H,7,8)/b;2-1+/t14-,16+;/m1./s1. The first-order valence-electron chi connectivity index (χ1n) is 8.48. The van der Waals surface area contributed by atoms with Gasteiger partial charge in [0.1, 0.15) is 12.0 Å². The molecule has 0 saturated heterocycles. The van der Waals surface area contributed by atoms with Crippen LogP contribution in [0.2, 0.25) is 0 Å². The van der Waals surface area contributed by atoms with Crippen molar-refractivity contribution in [1.29, 1.82) is 0 Å². The summed E-state index contributed by atoms with van der Waals surface area (Å²) in [7, 11) is 4.23. The molecule has 1 aromatic carbocycles. The Morgan fingerprint density at radius 2 is 1.93 bits per heavy atom. The monoisotopic (exact) mass is 375 g/mol. The van der Waals surface area contributed by atoms with Crippen LogP contribution in [0.3, 0.4) is 0 Å². The van der Waals surface area contributed by atoms with Gasteiger partial charge in [-0.15, -0.1) is 0 Å². The molecule has 1 aliphatic carbocycles. The zero-order valence-electron chi connectivity index (χ0n) is 15.5. The first-order valence-corrected chi connectivity index (χ1v) is 8.48. The van der Waals surface area contributed by atoms with E-state index in [-0.39, 0.29) is 12.6 Å². The second kappa shape index (κ2) is 10.3. The predicted octanol–water partition coefficient (Wildman–Crippen LogP) is -0.805. The summed E-state index contributed by atoms with van der Waals surface area (Å²) in [6, 6.07) is 9.99. The number of hydrogen-bond acceptors (Lipinski definition) is 5. The zero-order valence-corrected chi connectivity index (χ0v) is 15.5. The van der Waals surface area contributed by atoms with Gasteiger partial charge in [0.15, 0.2) is 0 Å². The molecule has 0 radical (unpaired) electrons. The molecule has 0 heterocycles. The largest absolute Gasteiger partial charge is 0.545 e. The number of ether oxygens (including phenoxy) is 1. The van der Waals surface area contributed by atoms with Gasteiger partial charge in [-0.3, -0.25) is 4.79 Å². The molecular weight excluding hydrogens is 350 g/mol. The minimum absolute atomic E-state index is 0.107. The summed E-state index contributed by atoms with van der Waals surface area (Å²) >= 11 is 0. The number of carbonyl (C=O) groups excluding carboxylic acids is 2. The smallest absolute Gasteiger partial charge is 0.328 e. The minimum atomic E-state index is -1.51. The lowest BCUT2D eigenvalue weighted by molar-refractivity contribution is -0.860. The van der Waals surface area contributed by atoms with E-state index in [0.717, 1.165) is 18.5 Å². The molecule has 2 rings (SSSR count). The van der Waals surface area contributed by atoms with Crippen LogP contribution in [0.15, 0.2) is 55.1 Å². The second-order valence-electron chi connectivity index (χ2n) is 6.53. The van der Waals surface area contributed by atoms with E-state index in [4.69, 9.17) is 9.84 Å². The summed E-state index contributed by atoms with van der Waals surface area (Å²) in [5, 5.41) is 17.2. The summed E-state index contributed by atoms with van der Waals surface area (Å²) in [6.07, 6.45) is 3.45. The van der Waals surface area contributed by atoms with Crippen LogP contribution in [-0.2, 0) is 24.5 Å². The molecule has 27 heavy (non-hydrogen) atoms. The number of carboxylic acid groups (broad SMARTS) is 2. The number of rotatable bonds is 8. The summed E-state index contributed by atoms with van der Waals surface area (Å²) in [4.78, 5) is 32.7. The lowest BCUT2D eigenvalue weighted by Gasteiger charge is -2.17. The molecular formula is C20H25NO6. The Morgan fingerprint density at radius 1 is 1.30 bits per heavy atom. The molecule has 0 aromatic heterocycles. The van der Waals surface area contributed by atoms with Crippen LogP contribution in [0.1, 0.15) is 12.0 Å². The van der Waals surface area contributed by atoms with Crippen LogP contribution in [0, 0.1) is 5.92 Å². The molecule has 0 bridgehead atoms. The maximum Gasteiger partial charge on any atom is 0.328 e. The highest BCUT2D eigenvalue weighted by molar-refractivity contribution is 5.88. The van der Waals surface area contributed by atoms with Gasteiger partial charge in [-0.2, -0.15) is 0 Å². The number of carbonyl (C=O) groups is 3. The molecule has 0 spiro atoms. The van der Waals surface area contributed by atoms with Gasteiger partial charge < -0.3 is 24.6 Å². The summed E-state index contributed by atoms with van der Waals surface area (Å²) in [5.41, 5.74) is 0.650. The first kappa shape index (κ1) is 22.1. The molecule has 7 heteroatoms. The Hall–Kier alpha value is -2.93. The Kier molecular flexibility index (Phi) is 8.41. The van der Waals surface area contributed by atoms with Gasteiger partial charge in [0.05, 0.1) is 26.6 Å². The Bertz CT molecular complexity index is 682. The van der Waals surface area contributed by atoms with Crippen molar-refractivity contribution in [3.63, 3.8) is 0 Å². The van der Waals surface area contributed by atoms with Crippen molar-refractivity contribution in [3.8, 4) is 0 Å². The third kappa shape index (κ3) is 6.71. The van der Waals surface area contributed by atoms with Gasteiger partial charge in [0.2, 0.25) is 0 Å². The number of hydrogen-bond donors (Lipinski definition) is 2. The highest BCUT2D eigenvalue weighted by Gasteiger charge is 2.63. The summed E-state index contributed by atoms with van der Waals surface area (Å²) < 4.78 is 5.32. The molecule has 1 aliphatic rings. The van der Waals surface area contributed by atoms with E-state index in [1.807, 2.05) is 30.3 Å². The quantitative estimate of drug-likeness (QED) is 0.350. The lowest BCUT2D eigenvalue weighted by atomic mass is 9.93. The summed E-state index contributed by atoms with van der Waals surface area (Å²) in [5.74, 6) is -2.54. The minimum Gasteiger partial charge on any atom is -0.545 e. The van der Waals surface area contributed by atoms with Crippen LogP contribution in [0.25, 0.3) is 0 Å². The summed E-state index contributed by atoms with van der Waals surface area (Å²) in [6.45, 7) is 4.86. The van der Waals surface area contributed by atoms with Crippen molar-refractivity contribution in [3.05, 3.63) is 60.7 Å². The normalized spacial score (nSPS) is 20.5. The molecule has 7 nitrogen and oxygen atoms in total. The van der Waals surface area contributed by atoms with Gasteiger partial charge in [0, 0.05) is 12.0 Å². The van der Waals surface area contributed by atoms with E-state index in [9.17, 15) is 19.5 Å².